The summed E-state index contributed by atoms with van der Waals surface area (Å²) in [6, 6.07) is 0. The molecule has 0 aliphatic rings. The molecule has 1 radical (unpaired) electrons. The van der Waals surface area contributed by atoms with E-state index < -0.39 is 0 Å². The van der Waals surface area contributed by atoms with E-state index in [0.29, 0.717) is 6.32 Å². The van der Waals surface area contributed by atoms with Crippen LogP contribution in [-0.2, 0) is 4.79 Å². The van der Waals surface area contributed by atoms with Gasteiger partial charge in [-0.15, -0.1) is 0 Å². The summed E-state index contributed by atoms with van der Waals surface area (Å²) < 4.78 is 1.03. The Bertz CT molecular complexity index is 245. The Labute approximate surface area is 120 Å². The largest absolute Gasteiger partial charge is 0.356 e. The number of hydrogen-bond donors (Lipinski definition) is 1. The second-order valence-corrected chi connectivity index (χ2v) is 6.14. The second-order valence-electron chi connectivity index (χ2n) is 6.14. The quantitative estimate of drug-likeness (QED) is 0.346. The highest BCUT2D eigenvalue weighted by Gasteiger charge is 2.14. The molecule has 5 heteroatoms. The lowest BCUT2D eigenvalue weighted by Crippen LogP contribution is -2.43. The molecule has 1 N–H and O–H groups in total. The molecule has 0 aromatic carbocycles. The van der Waals surface area contributed by atoms with E-state index in [1.165, 1.54) is 13.0 Å². The molecule has 0 spiro atoms. The fourth-order valence-electron chi connectivity index (χ4n) is 2.01. The van der Waals surface area contributed by atoms with E-state index in [-0.39, 0.29) is 5.91 Å². The van der Waals surface area contributed by atoms with E-state index >= 15 is 0 Å². The van der Waals surface area contributed by atoms with Crippen molar-refractivity contribution in [3.05, 3.63) is 0 Å². The Morgan fingerprint density at radius 3 is 2.42 bits per heavy atom. The van der Waals surface area contributed by atoms with Gasteiger partial charge in [-0.3, -0.25) is 4.79 Å². The van der Waals surface area contributed by atoms with Crippen molar-refractivity contribution in [3.63, 3.8) is 0 Å². The molecule has 111 valence electrons. The summed E-state index contributed by atoms with van der Waals surface area (Å²) in [5.41, 5.74) is 0. The van der Waals surface area contributed by atoms with Gasteiger partial charge in [0.15, 0.2) is 0 Å². The Morgan fingerprint density at radius 2 is 1.84 bits per heavy atom. The van der Waals surface area contributed by atoms with E-state index in [1.807, 2.05) is 7.28 Å². The molecule has 0 atom stereocenters. The van der Waals surface area contributed by atoms with Crippen LogP contribution in [0.4, 0.5) is 0 Å². The number of nitrogens with one attached hydrogen (secondary N) is 1. The fraction of sp³-hybridized carbons (Fsp3) is 0.929. The lowest BCUT2D eigenvalue weighted by molar-refractivity contribution is -0.890. The fourth-order valence-corrected chi connectivity index (χ4v) is 2.01. The number of carbonyl (C=O) groups is 1. The van der Waals surface area contributed by atoms with Crippen LogP contribution < -0.4 is 5.32 Å². The van der Waals surface area contributed by atoms with E-state index in [1.54, 1.807) is 0 Å². The van der Waals surface area contributed by atoms with Crippen LogP contribution in [0, 0.1) is 0 Å². The van der Waals surface area contributed by atoms with Crippen molar-refractivity contribution < 1.29 is 9.28 Å². The van der Waals surface area contributed by atoms with Crippen LogP contribution in [0.5, 0.6) is 0 Å². The van der Waals surface area contributed by atoms with Gasteiger partial charge in [0.25, 0.3) is 0 Å². The minimum atomic E-state index is 0.153. The molecule has 0 fully saturated rings. The molecule has 0 aliphatic carbocycles. The number of hydrogen-bond acceptors (Lipinski definition) is 2. The second kappa shape index (κ2) is 10.3. The molecule has 0 aromatic rings. The van der Waals surface area contributed by atoms with Gasteiger partial charge in [0.1, 0.15) is 7.28 Å². The molecule has 0 aromatic heterocycles. The third-order valence-electron chi connectivity index (χ3n) is 3.25. The first-order valence-electron chi connectivity index (χ1n) is 7.42. The van der Waals surface area contributed by atoms with E-state index in [2.05, 4.69) is 45.3 Å². The highest BCUT2D eigenvalue weighted by Crippen LogP contribution is 2.01. The van der Waals surface area contributed by atoms with Crippen LogP contribution in [-0.4, -0.2) is 76.9 Å². The summed E-state index contributed by atoms with van der Waals surface area (Å²) in [5.74, 6) is 0.153. The van der Waals surface area contributed by atoms with Crippen LogP contribution >= 0.6 is 0 Å². The minimum absolute atomic E-state index is 0.153. The first-order chi connectivity index (χ1) is 8.87. The van der Waals surface area contributed by atoms with Crippen molar-refractivity contribution in [3.8, 4) is 0 Å². The topological polar surface area (TPSA) is 32.3 Å². The summed E-state index contributed by atoms with van der Waals surface area (Å²) >= 11 is 0. The maximum atomic E-state index is 11.4. The third-order valence-corrected chi connectivity index (χ3v) is 3.25. The van der Waals surface area contributed by atoms with E-state index in [0.717, 1.165) is 36.9 Å². The average molecular weight is 269 g/mol. The Hall–Kier alpha value is -0.545. The van der Waals surface area contributed by atoms with Crippen molar-refractivity contribution in [1.29, 1.82) is 0 Å². The van der Waals surface area contributed by atoms with Gasteiger partial charge >= 0.3 is 0 Å². The summed E-state index contributed by atoms with van der Waals surface area (Å²) in [6.07, 6.45) is 3.78. The third kappa shape index (κ3) is 12.2. The smallest absolute Gasteiger partial charge is 0.212 e. The van der Waals surface area contributed by atoms with Crippen LogP contribution in [0.25, 0.3) is 0 Å². The zero-order chi connectivity index (χ0) is 14.7. The Balaban J connectivity index is 3.59. The SMILES string of the molecule is CC[B]CC(=O)NCCC[N+](C)(C)CCCN(C)C. The molecule has 4 nitrogen and oxygen atoms in total. The molecule has 0 heterocycles. The predicted molar refractivity (Wildman–Crippen MR) is 83.7 cm³/mol. The average Bonchev–Trinajstić information content (AvgIpc) is 2.31. The molecule has 19 heavy (non-hydrogen) atoms. The summed E-state index contributed by atoms with van der Waals surface area (Å²) in [4.78, 5) is 13.6. The van der Waals surface area contributed by atoms with Gasteiger partial charge in [-0.2, -0.15) is 0 Å². The summed E-state index contributed by atoms with van der Waals surface area (Å²) in [6.45, 7) is 6.30. The number of quaternary nitrogens is 1. The molecule has 0 aliphatic heterocycles. The monoisotopic (exact) mass is 269 g/mol. The predicted octanol–water partition coefficient (Wildman–Crippen LogP) is 1.08. The highest BCUT2D eigenvalue weighted by molar-refractivity contribution is 6.41. The molecule has 0 unspecified atom stereocenters. The Morgan fingerprint density at radius 1 is 1.21 bits per heavy atom. The summed E-state index contributed by atoms with van der Waals surface area (Å²) in [7, 11) is 10.8. The van der Waals surface area contributed by atoms with Crippen molar-refractivity contribution in [2.24, 2.45) is 0 Å². The van der Waals surface area contributed by atoms with Gasteiger partial charge in [-0.05, 0) is 20.4 Å². The van der Waals surface area contributed by atoms with Crippen LogP contribution in [0.3, 0.4) is 0 Å². The maximum Gasteiger partial charge on any atom is 0.212 e. The van der Waals surface area contributed by atoms with E-state index in [9.17, 15) is 4.79 Å². The summed E-state index contributed by atoms with van der Waals surface area (Å²) in [5, 5.41) is 2.98. The lowest BCUT2D eigenvalue weighted by atomic mass is 9.71. The van der Waals surface area contributed by atoms with Crippen molar-refractivity contribution >= 4 is 13.2 Å². The number of rotatable bonds is 11. The van der Waals surface area contributed by atoms with Crippen LogP contribution in [0.1, 0.15) is 19.8 Å². The van der Waals surface area contributed by atoms with Crippen LogP contribution in [0.2, 0.25) is 12.6 Å². The number of nitrogens with zero attached hydrogens (tertiary/aromatic N) is 2. The zero-order valence-electron chi connectivity index (χ0n) is 13.5. The standard InChI is InChI=1S/C14H31BN3O/c1-6-15-13-14(19)16-9-7-11-18(4,5)12-8-10-17(2)3/h6-13H2,1-5H3/p+1. The molecule has 0 saturated heterocycles. The normalized spacial score (nSPS) is 11.7. The van der Waals surface area contributed by atoms with Crippen molar-refractivity contribution in [1.82, 2.24) is 10.2 Å². The molecule has 0 saturated carbocycles. The van der Waals surface area contributed by atoms with Gasteiger partial charge in [-0.1, -0.05) is 13.2 Å². The van der Waals surface area contributed by atoms with Crippen molar-refractivity contribution in [2.75, 3.05) is 54.4 Å². The lowest BCUT2D eigenvalue weighted by Gasteiger charge is -2.30. The Kier molecular flexibility index (Phi) is 9.97. The van der Waals surface area contributed by atoms with Gasteiger partial charge < -0.3 is 14.7 Å². The number of amides is 1. The number of carbonyl (C=O) groups excluding carboxylic acids is 1. The van der Waals surface area contributed by atoms with E-state index in [4.69, 9.17) is 0 Å². The van der Waals surface area contributed by atoms with Crippen LogP contribution in [0.15, 0.2) is 0 Å². The molecule has 1 amide bonds. The first kappa shape index (κ1) is 18.5. The molecular formula is C14H32BN3O+. The highest BCUT2D eigenvalue weighted by atomic mass is 16.1. The maximum absolute atomic E-state index is 11.4. The molecule has 0 rings (SSSR count). The van der Waals surface area contributed by atoms with Crippen molar-refractivity contribution in [2.45, 2.75) is 32.4 Å². The van der Waals surface area contributed by atoms with Gasteiger partial charge in [0, 0.05) is 25.9 Å². The van der Waals surface area contributed by atoms with Gasteiger partial charge in [0.05, 0.1) is 27.2 Å². The molecular weight excluding hydrogens is 237 g/mol. The van der Waals surface area contributed by atoms with Gasteiger partial charge in [-0.25, -0.2) is 0 Å². The zero-order valence-corrected chi connectivity index (χ0v) is 13.5. The first-order valence-corrected chi connectivity index (χ1v) is 7.42. The minimum Gasteiger partial charge on any atom is -0.356 e. The molecule has 0 bridgehead atoms. The van der Waals surface area contributed by atoms with Gasteiger partial charge in [0.2, 0.25) is 5.91 Å².